The van der Waals surface area contributed by atoms with Crippen LogP contribution in [0.2, 0.25) is 5.02 Å². The van der Waals surface area contributed by atoms with Crippen LogP contribution in [-0.4, -0.2) is 0 Å². The molecular weight excluding hydrogens is 258 g/mol. The van der Waals surface area contributed by atoms with E-state index in [0.29, 0.717) is 16.3 Å². The second-order valence-corrected chi connectivity index (χ2v) is 4.68. The molecule has 0 spiro atoms. The quantitative estimate of drug-likeness (QED) is 0.831. The molecule has 0 aromatic heterocycles. The van der Waals surface area contributed by atoms with E-state index >= 15 is 0 Å². The molecule has 1 unspecified atom stereocenters. The van der Waals surface area contributed by atoms with Crippen LogP contribution >= 0.6 is 11.6 Å². The van der Waals surface area contributed by atoms with Gasteiger partial charge in [0.2, 0.25) is 0 Å². The molecule has 3 nitrogen and oxygen atoms in total. The summed E-state index contributed by atoms with van der Waals surface area (Å²) in [4.78, 5) is 0. The lowest BCUT2D eigenvalue weighted by Crippen LogP contribution is -2.10. The Labute approximate surface area is 117 Å². The van der Waals surface area contributed by atoms with E-state index in [2.05, 4.69) is 11.4 Å². The molecule has 0 aliphatic rings. The summed E-state index contributed by atoms with van der Waals surface area (Å²) >= 11 is 6.00. The summed E-state index contributed by atoms with van der Waals surface area (Å²) in [5, 5.41) is 12.9. The minimum absolute atomic E-state index is 0.00762. The second-order valence-electron chi connectivity index (χ2n) is 4.27. The van der Waals surface area contributed by atoms with Crippen molar-refractivity contribution >= 4 is 23.0 Å². The highest BCUT2D eigenvalue weighted by Crippen LogP contribution is 2.28. The van der Waals surface area contributed by atoms with Gasteiger partial charge in [0.1, 0.15) is 6.07 Å². The van der Waals surface area contributed by atoms with Crippen LogP contribution in [-0.2, 0) is 0 Å². The first kappa shape index (κ1) is 13.3. The molecular formula is C15H14ClN3. The zero-order chi connectivity index (χ0) is 13.8. The van der Waals surface area contributed by atoms with E-state index in [-0.39, 0.29) is 6.04 Å². The van der Waals surface area contributed by atoms with E-state index < -0.39 is 0 Å². The molecule has 19 heavy (non-hydrogen) atoms. The van der Waals surface area contributed by atoms with Crippen molar-refractivity contribution in [3.63, 3.8) is 0 Å². The number of hydrogen-bond acceptors (Lipinski definition) is 3. The van der Waals surface area contributed by atoms with Crippen molar-refractivity contribution in [2.45, 2.75) is 13.0 Å². The van der Waals surface area contributed by atoms with Crippen molar-refractivity contribution in [2.75, 3.05) is 11.1 Å². The fourth-order valence-electron chi connectivity index (χ4n) is 1.97. The number of rotatable bonds is 3. The third kappa shape index (κ3) is 2.81. The predicted octanol–water partition coefficient (Wildman–Crippen LogP) is 3.97. The van der Waals surface area contributed by atoms with Gasteiger partial charge in [-0.2, -0.15) is 5.26 Å². The molecule has 4 heteroatoms. The first-order valence-corrected chi connectivity index (χ1v) is 6.31. The fraction of sp³-hybridized carbons (Fsp3) is 0.133. The molecule has 0 saturated heterocycles. The van der Waals surface area contributed by atoms with Gasteiger partial charge in [0.05, 0.1) is 22.3 Å². The van der Waals surface area contributed by atoms with Crippen LogP contribution in [0.1, 0.15) is 24.1 Å². The topological polar surface area (TPSA) is 61.8 Å². The third-order valence-corrected chi connectivity index (χ3v) is 3.27. The highest BCUT2D eigenvalue weighted by atomic mass is 35.5. The largest absolute Gasteiger partial charge is 0.398 e. The molecule has 0 saturated carbocycles. The number of benzene rings is 2. The summed E-state index contributed by atoms with van der Waals surface area (Å²) in [6.07, 6.45) is 0. The molecule has 0 bridgehead atoms. The van der Waals surface area contributed by atoms with Gasteiger partial charge in [-0.05, 0) is 30.7 Å². The Balaban J connectivity index is 2.30. The normalized spacial score (nSPS) is 11.6. The molecule has 0 aliphatic heterocycles. The van der Waals surface area contributed by atoms with Gasteiger partial charge in [0.25, 0.3) is 0 Å². The molecule has 2 rings (SSSR count). The summed E-state index contributed by atoms with van der Waals surface area (Å²) in [7, 11) is 0. The zero-order valence-electron chi connectivity index (χ0n) is 10.5. The van der Waals surface area contributed by atoms with E-state index in [9.17, 15) is 0 Å². The minimum Gasteiger partial charge on any atom is -0.398 e. The van der Waals surface area contributed by atoms with Gasteiger partial charge in [-0.3, -0.25) is 0 Å². The average Bonchev–Trinajstić information content (AvgIpc) is 2.39. The van der Waals surface area contributed by atoms with Crippen LogP contribution in [0.5, 0.6) is 0 Å². The average molecular weight is 272 g/mol. The van der Waals surface area contributed by atoms with Crippen molar-refractivity contribution in [2.24, 2.45) is 0 Å². The van der Waals surface area contributed by atoms with Gasteiger partial charge >= 0.3 is 0 Å². The smallest absolute Gasteiger partial charge is 0.103 e. The number of nitrogens with zero attached hydrogens (tertiary/aromatic N) is 1. The molecule has 0 radical (unpaired) electrons. The summed E-state index contributed by atoms with van der Waals surface area (Å²) in [6.45, 7) is 1.99. The molecule has 0 fully saturated rings. The van der Waals surface area contributed by atoms with Crippen LogP contribution in [0.3, 0.4) is 0 Å². The maximum absolute atomic E-state index is 9.14. The van der Waals surface area contributed by atoms with Crippen LogP contribution in [0, 0.1) is 11.3 Å². The summed E-state index contributed by atoms with van der Waals surface area (Å²) in [5.41, 5.74) is 8.82. The summed E-state index contributed by atoms with van der Waals surface area (Å²) in [5.74, 6) is 0. The van der Waals surface area contributed by atoms with E-state index in [1.165, 1.54) is 0 Å². The lowest BCUT2D eigenvalue weighted by atomic mass is 10.1. The Hall–Kier alpha value is -2.18. The number of halogens is 1. The van der Waals surface area contributed by atoms with Crippen LogP contribution < -0.4 is 11.1 Å². The van der Waals surface area contributed by atoms with Crippen molar-refractivity contribution in [1.29, 1.82) is 5.26 Å². The Morgan fingerprint density at radius 2 is 1.95 bits per heavy atom. The first-order chi connectivity index (χ1) is 9.13. The number of para-hydroxylation sites is 1. The van der Waals surface area contributed by atoms with E-state index in [0.717, 1.165) is 11.3 Å². The number of nitrogens with one attached hydrogen (secondary N) is 1. The molecule has 1 atom stereocenters. The molecule has 0 heterocycles. The Morgan fingerprint density at radius 1 is 1.21 bits per heavy atom. The Bertz CT molecular complexity index is 632. The number of nitriles is 1. The van der Waals surface area contributed by atoms with E-state index in [1.807, 2.05) is 43.3 Å². The van der Waals surface area contributed by atoms with E-state index in [1.54, 1.807) is 6.07 Å². The Morgan fingerprint density at radius 3 is 2.63 bits per heavy atom. The summed E-state index contributed by atoms with van der Waals surface area (Å²) < 4.78 is 0. The monoisotopic (exact) mass is 271 g/mol. The SMILES string of the molecule is CC(Nc1cccc(Cl)c1C#N)c1ccccc1N. The number of anilines is 2. The van der Waals surface area contributed by atoms with Gasteiger partial charge in [0, 0.05) is 5.69 Å². The molecule has 96 valence electrons. The third-order valence-electron chi connectivity index (χ3n) is 2.96. The van der Waals surface area contributed by atoms with Gasteiger partial charge < -0.3 is 11.1 Å². The van der Waals surface area contributed by atoms with Crippen molar-refractivity contribution in [3.05, 3.63) is 58.6 Å². The number of hydrogen-bond donors (Lipinski definition) is 2. The summed E-state index contributed by atoms with van der Waals surface area (Å²) in [6, 6.07) is 15.1. The molecule has 0 amide bonds. The van der Waals surface area contributed by atoms with Crippen LogP contribution in [0.25, 0.3) is 0 Å². The van der Waals surface area contributed by atoms with Gasteiger partial charge in [-0.25, -0.2) is 0 Å². The maximum Gasteiger partial charge on any atom is 0.103 e. The zero-order valence-corrected chi connectivity index (χ0v) is 11.3. The van der Waals surface area contributed by atoms with Crippen molar-refractivity contribution in [3.8, 4) is 6.07 Å². The fourth-order valence-corrected chi connectivity index (χ4v) is 2.19. The van der Waals surface area contributed by atoms with Gasteiger partial charge in [-0.15, -0.1) is 0 Å². The first-order valence-electron chi connectivity index (χ1n) is 5.93. The number of nitrogen functional groups attached to an aromatic ring is 1. The molecule has 3 N–H and O–H groups in total. The molecule has 2 aromatic carbocycles. The molecule has 0 aliphatic carbocycles. The lowest BCUT2D eigenvalue weighted by molar-refractivity contribution is 0.887. The lowest BCUT2D eigenvalue weighted by Gasteiger charge is -2.18. The van der Waals surface area contributed by atoms with Crippen molar-refractivity contribution < 1.29 is 0 Å². The maximum atomic E-state index is 9.14. The predicted molar refractivity (Wildman–Crippen MR) is 79.1 cm³/mol. The number of nitrogens with two attached hydrogens (primary N) is 1. The second kappa shape index (κ2) is 5.64. The van der Waals surface area contributed by atoms with Crippen LogP contribution in [0.4, 0.5) is 11.4 Å². The highest BCUT2D eigenvalue weighted by molar-refractivity contribution is 6.32. The van der Waals surface area contributed by atoms with Gasteiger partial charge in [-0.1, -0.05) is 35.9 Å². The van der Waals surface area contributed by atoms with E-state index in [4.69, 9.17) is 22.6 Å². The van der Waals surface area contributed by atoms with Crippen LogP contribution in [0.15, 0.2) is 42.5 Å². The minimum atomic E-state index is -0.00762. The molecule has 2 aromatic rings. The highest BCUT2D eigenvalue weighted by Gasteiger charge is 2.12. The standard InChI is InChI=1S/C15H14ClN3/c1-10(11-5-2-3-7-14(11)18)19-15-8-4-6-13(16)12(15)9-17/h2-8,10,19H,18H2,1H3. The van der Waals surface area contributed by atoms with Crippen molar-refractivity contribution in [1.82, 2.24) is 0 Å². The Kier molecular flexibility index (Phi) is 3.94. The van der Waals surface area contributed by atoms with Gasteiger partial charge in [0.15, 0.2) is 0 Å².